The van der Waals surface area contributed by atoms with E-state index in [0.717, 1.165) is 11.1 Å². The van der Waals surface area contributed by atoms with Gasteiger partial charge < -0.3 is 20.1 Å². The number of pyridine rings is 2. The van der Waals surface area contributed by atoms with Crippen LogP contribution in [0.5, 0.6) is 5.75 Å². The van der Waals surface area contributed by atoms with E-state index in [4.69, 9.17) is 20.3 Å². The van der Waals surface area contributed by atoms with Crippen LogP contribution in [0.1, 0.15) is 51.3 Å². The van der Waals surface area contributed by atoms with Gasteiger partial charge in [0.2, 0.25) is 0 Å². The Balaban J connectivity index is 1.38. The number of halogens is 3. The number of benzene rings is 1. The van der Waals surface area contributed by atoms with Gasteiger partial charge in [0.15, 0.2) is 0 Å². The maximum Gasteiger partial charge on any atom is 0.387 e. The Hall–Kier alpha value is -3.96. The highest BCUT2D eigenvalue weighted by molar-refractivity contribution is 5.98. The van der Waals surface area contributed by atoms with Gasteiger partial charge in [0, 0.05) is 47.6 Å². The molecule has 3 aromatic heterocycles. The molecule has 38 heavy (non-hydrogen) atoms. The van der Waals surface area contributed by atoms with Crippen LogP contribution >= 0.6 is 0 Å². The molecule has 0 spiro atoms. The van der Waals surface area contributed by atoms with Gasteiger partial charge >= 0.3 is 6.61 Å². The summed E-state index contributed by atoms with van der Waals surface area (Å²) in [7, 11) is 1.69. The molecule has 2 N–H and O–H groups in total. The van der Waals surface area contributed by atoms with Gasteiger partial charge in [0.1, 0.15) is 22.8 Å². The molecule has 0 radical (unpaired) electrons. The molecule has 4 aromatic rings. The third-order valence-electron chi connectivity index (χ3n) is 7.84. The largest absolute Gasteiger partial charge is 0.434 e. The lowest BCUT2D eigenvalue weighted by atomic mass is 9.88. The minimum Gasteiger partial charge on any atom is -0.434 e. The summed E-state index contributed by atoms with van der Waals surface area (Å²) in [6.45, 7) is -2.61. The second-order valence-electron chi connectivity index (χ2n) is 10.1. The fraction of sp³-hybridized carbons (Fsp3) is 0.296. The number of amides is 1. The average molecular weight is 521 g/mol. The molecule has 1 aromatic carbocycles. The third kappa shape index (κ3) is 3.21. The van der Waals surface area contributed by atoms with E-state index in [9.17, 15) is 13.6 Å². The van der Waals surface area contributed by atoms with Crippen molar-refractivity contribution >= 4 is 11.4 Å². The third-order valence-corrected chi connectivity index (χ3v) is 7.84. The van der Waals surface area contributed by atoms with Crippen LogP contribution < -0.4 is 10.5 Å². The van der Waals surface area contributed by atoms with Crippen molar-refractivity contribution in [2.24, 2.45) is 5.73 Å². The number of rotatable bonds is 4. The highest BCUT2D eigenvalue weighted by atomic mass is 19.3. The van der Waals surface area contributed by atoms with Crippen molar-refractivity contribution < 1.29 is 27.4 Å². The van der Waals surface area contributed by atoms with E-state index in [2.05, 4.69) is 4.98 Å². The summed E-state index contributed by atoms with van der Waals surface area (Å²) >= 11 is 0. The number of alkyl halides is 2. The van der Waals surface area contributed by atoms with Crippen LogP contribution in [0, 0.1) is 5.82 Å². The molecule has 2 unspecified atom stereocenters. The maximum absolute atomic E-state index is 15.0. The summed E-state index contributed by atoms with van der Waals surface area (Å²) in [6.07, 6.45) is 3.82. The van der Waals surface area contributed by atoms with E-state index in [0.29, 0.717) is 34.4 Å². The van der Waals surface area contributed by atoms with E-state index >= 15 is 4.39 Å². The summed E-state index contributed by atoms with van der Waals surface area (Å²) in [5, 5.41) is 4.76. The van der Waals surface area contributed by atoms with Gasteiger partial charge in [-0.15, -0.1) is 0 Å². The molecule has 0 saturated carbocycles. The first kappa shape index (κ1) is 23.2. The van der Waals surface area contributed by atoms with E-state index in [-0.39, 0.29) is 36.6 Å². The smallest absolute Gasteiger partial charge is 0.387 e. The highest BCUT2D eigenvalue weighted by Crippen LogP contribution is 2.53. The van der Waals surface area contributed by atoms with Crippen molar-refractivity contribution in [2.45, 2.75) is 30.5 Å². The van der Waals surface area contributed by atoms with Crippen LogP contribution in [0.15, 0.2) is 48.8 Å². The lowest BCUT2D eigenvalue weighted by Gasteiger charge is -2.37. The molecular weight excluding hydrogens is 499 g/mol. The number of ether oxygens (including phenoxy) is 2. The molecule has 1 saturated heterocycles. The Kier molecular flexibility index (Phi) is 4.89. The summed E-state index contributed by atoms with van der Waals surface area (Å²) in [5.74, 6) is -1.20. The summed E-state index contributed by atoms with van der Waals surface area (Å²) in [4.78, 5) is 19.2. The first-order valence-electron chi connectivity index (χ1n) is 12.2. The normalized spacial score (nSPS) is 21.3. The van der Waals surface area contributed by atoms with Gasteiger partial charge in [0.05, 0.1) is 30.5 Å². The van der Waals surface area contributed by atoms with Crippen LogP contribution in [0.2, 0.25) is 0 Å². The van der Waals surface area contributed by atoms with Gasteiger partial charge in [0.25, 0.3) is 5.91 Å². The van der Waals surface area contributed by atoms with E-state index in [1.54, 1.807) is 47.1 Å². The fourth-order valence-electron chi connectivity index (χ4n) is 5.96. The number of hydrogen-bond donors (Lipinski definition) is 1. The maximum atomic E-state index is 15.0. The number of hydrogen-bond acceptors (Lipinski definition) is 6. The van der Waals surface area contributed by atoms with E-state index < -0.39 is 23.9 Å². The number of nitrogens with zero attached hydrogens (tertiary/aromatic N) is 4. The Morgan fingerprint density at radius 3 is 2.71 bits per heavy atom. The second-order valence-corrected chi connectivity index (χ2v) is 10.1. The molecule has 1 aliphatic carbocycles. The molecule has 8 nitrogen and oxygen atoms in total. The predicted octanol–water partition coefficient (Wildman–Crippen LogP) is 3.98. The van der Waals surface area contributed by atoms with Crippen molar-refractivity contribution in [1.29, 1.82) is 0 Å². The van der Waals surface area contributed by atoms with Crippen LogP contribution in [0.3, 0.4) is 0 Å². The molecule has 2 atom stereocenters. The van der Waals surface area contributed by atoms with Gasteiger partial charge in [-0.1, -0.05) is 6.07 Å². The zero-order valence-electron chi connectivity index (χ0n) is 20.2. The molecule has 5 heterocycles. The number of aromatic nitrogens is 3. The zero-order valence-corrected chi connectivity index (χ0v) is 20.2. The highest BCUT2D eigenvalue weighted by Gasteiger charge is 2.46. The Labute approximate surface area is 214 Å². The summed E-state index contributed by atoms with van der Waals surface area (Å²) in [5.41, 5.74) is 9.71. The molecule has 2 bridgehead atoms. The lowest BCUT2D eigenvalue weighted by molar-refractivity contribution is -0.0607. The molecule has 1 fully saturated rings. The fourth-order valence-corrected chi connectivity index (χ4v) is 5.96. The second kappa shape index (κ2) is 8.02. The van der Waals surface area contributed by atoms with Gasteiger partial charge in [-0.05, 0) is 42.3 Å². The average Bonchev–Trinajstić information content (AvgIpc) is 3.40. The topological polar surface area (TPSA) is 95.0 Å². The van der Waals surface area contributed by atoms with Crippen molar-refractivity contribution in [1.82, 2.24) is 19.5 Å². The van der Waals surface area contributed by atoms with Crippen molar-refractivity contribution in [3.63, 3.8) is 0 Å². The number of fused-ring (bicyclic) bond motifs is 9. The minimum absolute atomic E-state index is 0.0224. The Morgan fingerprint density at radius 1 is 1.18 bits per heavy atom. The summed E-state index contributed by atoms with van der Waals surface area (Å²) < 4.78 is 53.3. The van der Waals surface area contributed by atoms with Crippen LogP contribution in [-0.4, -0.2) is 52.3 Å². The Bertz CT molecular complexity index is 1630. The Morgan fingerprint density at radius 2 is 2.00 bits per heavy atom. The van der Waals surface area contributed by atoms with Crippen molar-refractivity contribution in [2.75, 3.05) is 20.3 Å². The first-order valence-corrected chi connectivity index (χ1v) is 12.2. The quantitative estimate of drug-likeness (QED) is 0.437. The zero-order chi connectivity index (χ0) is 26.3. The molecule has 1 amide bonds. The summed E-state index contributed by atoms with van der Waals surface area (Å²) in [6, 6.07) is 9.38. The number of carbonyl (C=O) groups excluding carboxylic acids is 1. The monoisotopic (exact) mass is 521 g/mol. The van der Waals surface area contributed by atoms with Gasteiger partial charge in [-0.2, -0.15) is 13.9 Å². The molecule has 2 aliphatic heterocycles. The van der Waals surface area contributed by atoms with E-state index in [1.165, 1.54) is 12.1 Å². The molecule has 3 aliphatic rings. The number of carbonyl (C=O) groups is 1. The standard InChI is InChI=1S/C27H22F3N5O3/c1-34-19-9-16(21-15(25(34)36)3-2-4-20(21)38-26(29)30)22-18-8-13(5-6-35(18)33-23(19)22)14-7-17(28)24(32-10-14)27(31)11-37-12-27/h2-8,10,16,19,26H,9,11-12,31H2,1H3. The lowest BCUT2D eigenvalue weighted by Crippen LogP contribution is -2.55. The predicted molar refractivity (Wildman–Crippen MR) is 129 cm³/mol. The van der Waals surface area contributed by atoms with Crippen LogP contribution in [0.25, 0.3) is 16.6 Å². The minimum atomic E-state index is -3.03. The van der Waals surface area contributed by atoms with Gasteiger partial charge in [-0.25, -0.2) is 8.91 Å². The van der Waals surface area contributed by atoms with Crippen LogP contribution in [-0.2, 0) is 10.3 Å². The molecule has 194 valence electrons. The van der Waals surface area contributed by atoms with Gasteiger partial charge in [-0.3, -0.25) is 9.78 Å². The van der Waals surface area contributed by atoms with E-state index in [1.807, 2.05) is 6.07 Å². The molecular formula is C27H22F3N5O3. The SMILES string of the molecule is CN1C(=O)c2cccc(OC(F)F)c2C2CC1c1nn3ccc(-c4cnc(C5(N)COC5)c(F)c4)cc3c12. The van der Waals surface area contributed by atoms with Crippen molar-refractivity contribution in [3.8, 4) is 16.9 Å². The van der Waals surface area contributed by atoms with Crippen LogP contribution in [0.4, 0.5) is 13.2 Å². The molecule has 11 heteroatoms. The van der Waals surface area contributed by atoms with Crippen molar-refractivity contribution in [3.05, 3.63) is 82.7 Å². The number of nitrogens with two attached hydrogens (primary N) is 1. The molecule has 7 rings (SSSR count). The first-order chi connectivity index (χ1) is 18.2.